The number of nitrogens with one attached hydrogen (secondary N) is 1. The molecule has 0 saturated carbocycles. The molecule has 0 bridgehead atoms. The zero-order chi connectivity index (χ0) is 12.9. The minimum atomic E-state index is -0.326. The first kappa shape index (κ1) is 14.5. The van der Waals surface area contributed by atoms with Gasteiger partial charge in [0, 0.05) is 6.54 Å². The van der Waals surface area contributed by atoms with E-state index < -0.39 is 0 Å². The average molecular weight is 258 g/mol. The Morgan fingerprint density at radius 1 is 1.41 bits per heavy atom. The van der Waals surface area contributed by atoms with Crippen LogP contribution in [0.5, 0.6) is 0 Å². The van der Waals surface area contributed by atoms with Crippen molar-refractivity contribution in [3.05, 3.63) is 34.6 Å². The Kier molecular flexibility index (Phi) is 5.41. The molecule has 0 aliphatic heterocycles. The van der Waals surface area contributed by atoms with Gasteiger partial charge in [-0.2, -0.15) is 0 Å². The van der Waals surface area contributed by atoms with Gasteiger partial charge in [0.25, 0.3) is 0 Å². The third-order valence-corrected chi connectivity index (χ3v) is 3.53. The van der Waals surface area contributed by atoms with E-state index in [1.54, 1.807) is 6.07 Å². The fourth-order valence-corrected chi connectivity index (χ4v) is 2.61. The predicted molar refractivity (Wildman–Crippen MR) is 72.1 cm³/mol. The molecule has 0 fully saturated rings. The van der Waals surface area contributed by atoms with Gasteiger partial charge in [-0.05, 0) is 36.9 Å². The molecular formula is C14H21ClFN. The highest BCUT2D eigenvalue weighted by Crippen LogP contribution is 2.31. The van der Waals surface area contributed by atoms with E-state index >= 15 is 0 Å². The number of halogens is 2. The molecule has 0 radical (unpaired) electrons. The zero-order valence-electron chi connectivity index (χ0n) is 10.8. The van der Waals surface area contributed by atoms with Crippen LogP contribution < -0.4 is 5.32 Å². The molecule has 0 aliphatic rings. The topological polar surface area (TPSA) is 12.0 Å². The monoisotopic (exact) mass is 257 g/mol. The summed E-state index contributed by atoms with van der Waals surface area (Å²) in [5.74, 6) is -0.326. The van der Waals surface area contributed by atoms with Crippen LogP contribution in [0.15, 0.2) is 18.2 Å². The molecule has 0 aliphatic carbocycles. The molecule has 3 heteroatoms. The quantitative estimate of drug-likeness (QED) is 0.811. The first-order valence-electron chi connectivity index (χ1n) is 6.10. The highest BCUT2D eigenvalue weighted by Gasteiger charge is 2.24. The summed E-state index contributed by atoms with van der Waals surface area (Å²) >= 11 is 6.00. The molecule has 0 amide bonds. The lowest BCUT2D eigenvalue weighted by Gasteiger charge is -2.29. The molecule has 96 valence electrons. The van der Waals surface area contributed by atoms with Crippen LogP contribution in [-0.2, 0) is 6.42 Å². The normalized spacial score (nSPS) is 14.6. The van der Waals surface area contributed by atoms with Crippen LogP contribution in [0.3, 0.4) is 0 Å². The fourth-order valence-electron chi connectivity index (χ4n) is 2.41. The SMILES string of the molecule is CCCC(C)(CNC)Cc1cccc(F)c1Cl. The summed E-state index contributed by atoms with van der Waals surface area (Å²) in [4.78, 5) is 0. The summed E-state index contributed by atoms with van der Waals surface area (Å²) < 4.78 is 13.4. The smallest absolute Gasteiger partial charge is 0.142 e. The maximum Gasteiger partial charge on any atom is 0.142 e. The molecule has 17 heavy (non-hydrogen) atoms. The fraction of sp³-hybridized carbons (Fsp3) is 0.571. The molecule has 0 aromatic heterocycles. The van der Waals surface area contributed by atoms with Crippen LogP contribution in [0.1, 0.15) is 32.3 Å². The van der Waals surface area contributed by atoms with Crippen molar-refractivity contribution in [2.45, 2.75) is 33.1 Å². The van der Waals surface area contributed by atoms with Crippen molar-refractivity contribution < 1.29 is 4.39 Å². The molecule has 0 spiro atoms. The zero-order valence-corrected chi connectivity index (χ0v) is 11.6. The van der Waals surface area contributed by atoms with Crippen molar-refractivity contribution in [1.29, 1.82) is 0 Å². The van der Waals surface area contributed by atoms with Crippen molar-refractivity contribution in [3.63, 3.8) is 0 Å². The summed E-state index contributed by atoms with van der Waals surface area (Å²) in [6.45, 7) is 5.29. The molecule has 1 aromatic rings. The van der Waals surface area contributed by atoms with Crippen LogP contribution in [0.25, 0.3) is 0 Å². The van der Waals surface area contributed by atoms with E-state index in [1.165, 1.54) is 6.07 Å². The predicted octanol–water partition coefficient (Wildman–Crippen LogP) is 4.05. The van der Waals surface area contributed by atoms with E-state index in [0.717, 1.165) is 31.4 Å². The lowest BCUT2D eigenvalue weighted by molar-refractivity contribution is 0.282. The van der Waals surface area contributed by atoms with Gasteiger partial charge < -0.3 is 5.32 Å². The van der Waals surface area contributed by atoms with Crippen LogP contribution in [0.2, 0.25) is 5.02 Å². The second-order valence-electron chi connectivity index (χ2n) is 4.98. The standard InChI is InChI=1S/C14H21ClFN/c1-4-8-14(2,10-17-3)9-11-6-5-7-12(16)13(11)15/h5-7,17H,4,8-10H2,1-3H3. The van der Waals surface area contributed by atoms with Gasteiger partial charge in [-0.3, -0.25) is 0 Å². The van der Waals surface area contributed by atoms with Crippen molar-refractivity contribution in [1.82, 2.24) is 5.32 Å². The van der Waals surface area contributed by atoms with Crippen LogP contribution in [0, 0.1) is 11.2 Å². The Hall–Kier alpha value is -0.600. The average Bonchev–Trinajstić information content (AvgIpc) is 2.25. The van der Waals surface area contributed by atoms with Gasteiger partial charge in [0.15, 0.2) is 0 Å². The molecule has 1 rings (SSSR count). The van der Waals surface area contributed by atoms with Crippen molar-refractivity contribution >= 4 is 11.6 Å². The molecule has 1 nitrogen and oxygen atoms in total. The summed E-state index contributed by atoms with van der Waals surface area (Å²) in [7, 11) is 1.95. The van der Waals surface area contributed by atoms with E-state index in [4.69, 9.17) is 11.6 Å². The minimum absolute atomic E-state index is 0.126. The summed E-state index contributed by atoms with van der Waals surface area (Å²) in [6, 6.07) is 5.04. The Bertz CT molecular complexity index is 359. The molecule has 1 unspecified atom stereocenters. The van der Waals surface area contributed by atoms with E-state index in [-0.39, 0.29) is 16.3 Å². The van der Waals surface area contributed by atoms with Crippen LogP contribution in [-0.4, -0.2) is 13.6 Å². The second-order valence-corrected chi connectivity index (χ2v) is 5.36. The molecular weight excluding hydrogens is 237 g/mol. The molecule has 0 saturated heterocycles. The maximum absolute atomic E-state index is 13.4. The third-order valence-electron chi connectivity index (χ3n) is 3.11. The minimum Gasteiger partial charge on any atom is -0.319 e. The van der Waals surface area contributed by atoms with Gasteiger partial charge in [0.2, 0.25) is 0 Å². The number of hydrogen-bond acceptors (Lipinski definition) is 1. The Balaban J connectivity index is 2.89. The highest BCUT2D eigenvalue weighted by molar-refractivity contribution is 6.31. The van der Waals surface area contributed by atoms with E-state index in [0.29, 0.717) is 0 Å². The van der Waals surface area contributed by atoms with E-state index in [9.17, 15) is 4.39 Å². The Morgan fingerprint density at radius 2 is 2.12 bits per heavy atom. The number of rotatable bonds is 6. The van der Waals surface area contributed by atoms with E-state index in [1.807, 2.05) is 13.1 Å². The third kappa shape index (κ3) is 3.97. The van der Waals surface area contributed by atoms with Gasteiger partial charge >= 0.3 is 0 Å². The molecule has 0 heterocycles. The lowest BCUT2D eigenvalue weighted by atomic mass is 9.79. The molecule has 1 atom stereocenters. The van der Waals surface area contributed by atoms with Crippen LogP contribution in [0.4, 0.5) is 4.39 Å². The first-order chi connectivity index (χ1) is 8.02. The van der Waals surface area contributed by atoms with Gasteiger partial charge in [-0.25, -0.2) is 4.39 Å². The maximum atomic E-state index is 13.4. The van der Waals surface area contributed by atoms with Gasteiger partial charge in [-0.15, -0.1) is 0 Å². The van der Waals surface area contributed by atoms with Crippen molar-refractivity contribution in [2.24, 2.45) is 5.41 Å². The summed E-state index contributed by atoms with van der Waals surface area (Å²) in [5, 5.41) is 3.48. The number of hydrogen-bond donors (Lipinski definition) is 1. The largest absolute Gasteiger partial charge is 0.319 e. The van der Waals surface area contributed by atoms with Gasteiger partial charge in [-0.1, -0.05) is 44.0 Å². The number of benzene rings is 1. The van der Waals surface area contributed by atoms with Crippen LogP contribution >= 0.6 is 11.6 Å². The molecule has 1 aromatic carbocycles. The lowest BCUT2D eigenvalue weighted by Crippen LogP contribution is -2.31. The van der Waals surface area contributed by atoms with Crippen molar-refractivity contribution in [3.8, 4) is 0 Å². The Morgan fingerprint density at radius 3 is 2.71 bits per heavy atom. The highest BCUT2D eigenvalue weighted by atomic mass is 35.5. The summed E-state index contributed by atoms with van der Waals surface area (Å²) in [6.07, 6.45) is 3.02. The molecule has 1 N–H and O–H groups in total. The van der Waals surface area contributed by atoms with Crippen molar-refractivity contribution in [2.75, 3.05) is 13.6 Å². The second kappa shape index (κ2) is 6.36. The van der Waals surface area contributed by atoms with Gasteiger partial charge in [0.1, 0.15) is 5.82 Å². The van der Waals surface area contributed by atoms with E-state index in [2.05, 4.69) is 19.2 Å². The summed E-state index contributed by atoms with van der Waals surface area (Å²) in [5.41, 5.74) is 1.03. The van der Waals surface area contributed by atoms with Gasteiger partial charge in [0.05, 0.1) is 5.02 Å². The first-order valence-corrected chi connectivity index (χ1v) is 6.47. The Labute approximate surface area is 108 Å².